The molecule has 8 rings (SSSR count). The first-order valence-corrected chi connectivity index (χ1v) is 15.9. The molecule has 1 aliphatic carbocycles. The van der Waals surface area contributed by atoms with E-state index in [0.29, 0.717) is 0 Å². The van der Waals surface area contributed by atoms with E-state index < -0.39 is 0 Å². The van der Waals surface area contributed by atoms with Crippen molar-refractivity contribution in [2.45, 2.75) is 12.8 Å². The van der Waals surface area contributed by atoms with Crippen molar-refractivity contribution in [3.8, 4) is 16.8 Å². The Bertz CT molecular complexity index is 2330. The monoisotopic (exact) mass is 596 g/mol. The fraction of sp³-hybridized carbons (Fsp3) is 0.0952. The van der Waals surface area contributed by atoms with Gasteiger partial charge in [-0.25, -0.2) is 0 Å². The van der Waals surface area contributed by atoms with Crippen LogP contribution in [0.2, 0.25) is 0 Å². The maximum absolute atomic E-state index is 4.49. The van der Waals surface area contributed by atoms with Gasteiger partial charge in [-0.1, -0.05) is 79.4 Å². The quantitative estimate of drug-likeness (QED) is 0.185. The van der Waals surface area contributed by atoms with E-state index in [0.717, 1.165) is 35.6 Å². The highest BCUT2D eigenvalue weighted by atomic mass is 15.0. The van der Waals surface area contributed by atoms with Crippen molar-refractivity contribution in [1.82, 2.24) is 14.0 Å². The molecule has 2 aromatic heterocycles. The summed E-state index contributed by atoms with van der Waals surface area (Å²) >= 11 is 0. The van der Waals surface area contributed by atoms with Gasteiger partial charge in [0.2, 0.25) is 0 Å². The number of nitrogens with zero attached hydrogens (tertiary/aromatic N) is 3. The molecular formula is C42H36N4. The molecule has 1 aliphatic rings. The summed E-state index contributed by atoms with van der Waals surface area (Å²) in [5.41, 5.74) is 12.9. The van der Waals surface area contributed by atoms with Crippen LogP contribution in [0.1, 0.15) is 17.7 Å². The minimum absolute atomic E-state index is 0.947. The van der Waals surface area contributed by atoms with E-state index >= 15 is 0 Å². The summed E-state index contributed by atoms with van der Waals surface area (Å²) in [6, 6.07) is 41.2. The van der Waals surface area contributed by atoms with E-state index in [-0.39, 0.29) is 0 Å². The first-order valence-electron chi connectivity index (χ1n) is 15.9. The van der Waals surface area contributed by atoms with Gasteiger partial charge >= 0.3 is 0 Å². The van der Waals surface area contributed by atoms with Crippen LogP contribution in [0.4, 0.5) is 11.4 Å². The van der Waals surface area contributed by atoms with Crippen molar-refractivity contribution in [3.05, 3.63) is 151 Å². The smallest absolute Gasteiger partial charge is 0.0548 e. The van der Waals surface area contributed by atoms with E-state index in [1.807, 2.05) is 25.1 Å². The van der Waals surface area contributed by atoms with E-state index in [1.165, 1.54) is 55.1 Å². The molecule has 1 N–H and O–H groups in total. The van der Waals surface area contributed by atoms with E-state index in [4.69, 9.17) is 0 Å². The van der Waals surface area contributed by atoms with Crippen molar-refractivity contribution in [3.63, 3.8) is 0 Å². The zero-order valence-electron chi connectivity index (χ0n) is 26.2. The molecule has 0 amide bonds. The summed E-state index contributed by atoms with van der Waals surface area (Å²) in [5, 5.41) is 7.53. The van der Waals surface area contributed by atoms with Gasteiger partial charge in [0.1, 0.15) is 0 Å². The summed E-state index contributed by atoms with van der Waals surface area (Å²) in [6.07, 6.45) is 10.8. The topological polar surface area (TPSA) is 25.1 Å². The number of fused-ring (bicyclic) bond motifs is 7. The molecule has 0 spiro atoms. The van der Waals surface area contributed by atoms with Crippen molar-refractivity contribution in [2.24, 2.45) is 0 Å². The zero-order valence-corrected chi connectivity index (χ0v) is 26.2. The molecule has 0 atom stereocenters. The second-order valence-corrected chi connectivity index (χ2v) is 12.2. The first-order chi connectivity index (χ1) is 22.6. The summed E-state index contributed by atoms with van der Waals surface area (Å²) in [5.74, 6) is 0. The number of benzene rings is 5. The molecule has 0 unspecified atom stereocenters. The van der Waals surface area contributed by atoms with Gasteiger partial charge in [-0.3, -0.25) is 0 Å². The van der Waals surface area contributed by atoms with Crippen LogP contribution < -0.4 is 5.32 Å². The van der Waals surface area contributed by atoms with Crippen LogP contribution in [0, 0.1) is 0 Å². The number of rotatable bonds is 7. The van der Waals surface area contributed by atoms with Gasteiger partial charge < -0.3 is 19.4 Å². The van der Waals surface area contributed by atoms with E-state index in [2.05, 4.69) is 155 Å². The molecule has 0 saturated carbocycles. The zero-order chi connectivity index (χ0) is 31.2. The Labute approximate surface area is 269 Å². The fourth-order valence-electron chi connectivity index (χ4n) is 7.02. The summed E-state index contributed by atoms with van der Waals surface area (Å²) in [7, 11) is 4.07. The predicted octanol–water partition coefficient (Wildman–Crippen LogP) is 10.7. The predicted molar refractivity (Wildman–Crippen MR) is 197 cm³/mol. The Morgan fingerprint density at radius 3 is 2.43 bits per heavy atom. The molecule has 0 saturated heterocycles. The van der Waals surface area contributed by atoms with Crippen molar-refractivity contribution in [1.29, 1.82) is 0 Å². The lowest BCUT2D eigenvalue weighted by Gasteiger charge is -2.15. The molecular weight excluding hydrogens is 560 g/mol. The highest BCUT2D eigenvalue weighted by Gasteiger charge is 2.24. The number of para-hydroxylation sites is 3. The summed E-state index contributed by atoms with van der Waals surface area (Å²) in [4.78, 5) is 2.05. The van der Waals surface area contributed by atoms with Crippen molar-refractivity contribution >= 4 is 55.9 Å². The van der Waals surface area contributed by atoms with E-state index in [9.17, 15) is 0 Å². The highest BCUT2D eigenvalue weighted by molar-refractivity contribution is 6.23. The molecule has 4 heteroatoms. The molecule has 2 heterocycles. The van der Waals surface area contributed by atoms with Crippen LogP contribution in [0.25, 0.3) is 61.3 Å². The highest BCUT2D eigenvalue weighted by Crippen LogP contribution is 2.43. The normalized spacial score (nSPS) is 12.7. The van der Waals surface area contributed by atoms with E-state index in [1.54, 1.807) is 0 Å². The number of allylic oxidation sites excluding steroid dienone is 3. The number of hydrogen-bond acceptors (Lipinski definition) is 2. The van der Waals surface area contributed by atoms with Crippen molar-refractivity contribution < 1.29 is 0 Å². The molecule has 46 heavy (non-hydrogen) atoms. The minimum Gasteiger partial charge on any atom is -0.383 e. The second-order valence-electron chi connectivity index (χ2n) is 12.2. The number of nitrogens with one attached hydrogen (secondary N) is 1. The lowest BCUT2D eigenvalue weighted by Crippen LogP contribution is -2.01. The fourth-order valence-corrected chi connectivity index (χ4v) is 7.02. The van der Waals surface area contributed by atoms with Gasteiger partial charge in [0.05, 0.1) is 16.6 Å². The Morgan fingerprint density at radius 1 is 0.783 bits per heavy atom. The van der Waals surface area contributed by atoms with Gasteiger partial charge in [0, 0.05) is 70.5 Å². The summed E-state index contributed by atoms with van der Waals surface area (Å²) in [6.45, 7) is 4.49. The molecule has 7 aromatic rings. The molecule has 0 bridgehead atoms. The Hall–Kier alpha value is -5.74. The third kappa shape index (κ3) is 4.62. The standard InChI is InChI=1S/C42H36N4/c1-29(26-27-44(2)3)45-37-22-11-8-19-34(37)41-39(45)24-25-40-42(41)35-20-9-12-23-38(35)46(40)32-17-13-14-30(28-32)33-18-7-10-21-36(33)43-31-15-5-4-6-16-31/h4-8,10-19,21-28,43H,1,9,20H2,2-3H3/b27-26-. The largest absolute Gasteiger partial charge is 0.383 e. The lowest BCUT2D eigenvalue weighted by molar-refractivity contribution is 0.564. The molecule has 0 fully saturated rings. The van der Waals surface area contributed by atoms with Gasteiger partial charge in [0.25, 0.3) is 0 Å². The first kappa shape index (κ1) is 27.8. The van der Waals surface area contributed by atoms with Gasteiger partial charge in [-0.15, -0.1) is 0 Å². The Kier molecular flexibility index (Phi) is 6.84. The number of aromatic nitrogens is 2. The molecule has 224 valence electrons. The maximum Gasteiger partial charge on any atom is 0.0548 e. The Balaban J connectivity index is 1.34. The number of hydrogen-bond donors (Lipinski definition) is 1. The van der Waals surface area contributed by atoms with Gasteiger partial charge in [0.15, 0.2) is 0 Å². The number of aryl methyl sites for hydroxylation is 1. The molecule has 4 nitrogen and oxygen atoms in total. The molecule has 5 aromatic carbocycles. The maximum atomic E-state index is 4.49. The average molecular weight is 597 g/mol. The third-order valence-electron chi connectivity index (χ3n) is 8.99. The van der Waals surface area contributed by atoms with Gasteiger partial charge in [-0.05, 0) is 84.7 Å². The van der Waals surface area contributed by atoms with Gasteiger partial charge in [-0.2, -0.15) is 0 Å². The SMILES string of the molecule is C=C(/C=C\N(C)C)n1c2ccccc2c2c3c4c(n(-c5cccc(-c6ccccc6Nc6ccccc6)c5)c3ccc21)C=CCC4. The molecule has 0 aliphatic heterocycles. The van der Waals surface area contributed by atoms with Crippen LogP contribution in [0.5, 0.6) is 0 Å². The summed E-state index contributed by atoms with van der Waals surface area (Å²) < 4.78 is 4.77. The molecule has 0 radical (unpaired) electrons. The van der Waals surface area contributed by atoms with Crippen LogP contribution >= 0.6 is 0 Å². The minimum atomic E-state index is 0.947. The lowest BCUT2D eigenvalue weighted by atomic mass is 9.98. The van der Waals surface area contributed by atoms with Crippen molar-refractivity contribution in [2.75, 3.05) is 19.4 Å². The number of anilines is 2. The third-order valence-corrected chi connectivity index (χ3v) is 8.99. The van der Waals surface area contributed by atoms with Crippen LogP contribution in [0.3, 0.4) is 0 Å². The Morgan fingerprint density at radius 2 is 1.57 bits per heavy atom. The van der Waals surface area contributed by atoms with Crippen LogP contribution in [0.15, 0.2) is 140 Å². The second kappa shape index (κ2) is 11.3. The van der Waals surface area contributed by atoms with Crippen LogP contribution in [-0.2, 0) is 6.42 Å². The average Bonchev–Trinajstić information content (AvgIpc) is 3.61. The van der Waals surface area contributed by atoms with Crippen LogP contribution in [-0.4, -0.2) is 28.1 Å².